The summed E-state index contributed by atoms with van der Waals surface area (Å²) in [5.41, 5.74) is 3.31. The van der Waals surface area contributed by atoms with Gasteiger partial charge >= 0.3 is 0 Å². The van der Waals surface area contributed by atoms with Crippen LogP contribution in [0.3, 0.4) is 0 Å². The van der Waals surface area contributed by atoms with E-state index >= 15 is 0 Å². The third-order valence-corrected chi connectivity index (χ3v) is 7.09. The van der Waals surface area contributed by atoms with E-state index in [0.29, 0.717) is 12.2 Å². The van der Waals surface area contributed by atoms with Crippen molar-refractivity contribution in [2.45, 2.75) is 58.4 Å². The normalized spacial score (nSPS) is 19.3. The van der Waals surface area contributed by atoms with Gasteiger partial charge < -0.3 is 9.47 Å². The summed E-state index contributed by atoms with van der Waals surface area (Å²) in [5.74, 6) is -0.0102. The average Bonchev–Trinajstić information content (AvgIpc) is 3.19. The van der Waals surface area contributed by atoms with Crippen molar-refractivity contribution < 1.29 is 9.59 Å². The number of unbranched alkanes of at least 4 members (excludes halogenated alkanes) is 2. The molecule has 0 N–H and O–H groups in total. The molecule has 2 aromatic rings. The van der Waals surface area contributed by atoms with Gasteiger partial charge in [-0.1, -0.05) is 51.3 Å². The lowest BCUT2D eigenvalue weighted by molar-refractivity contribution is -0.119. The lowest BCUT2D eigenvalue weighted by Gasteiger charge is -2.33. The Hall–Kier alpha value is -2.44. The van der Waals surface area contributed by atoms with Crippen molar-refractivity contribution in [3.63, 3.8) is 0 Å². The molecule has 1 aromatic heterocycles. The molecule has 6 heteroatoms. The van der Waals surface area contributed by atoms with Gasteiger partial charge in [-0.05, 0) is 37.6 Å². The number of benzene rings is 1. The molecule has 0 bridgehead atoms. The van der Waals surface area contributed by atoms with Gasteiger partial charge in [0.1, 0.15) is 5.69 Å². The van der Waals surface area contributed by atoms with E-state index in [0.717, 1.165) is 81.8 Å². The number of likely N-dealkylation sites (N-methyl/N-ethyl adjacent to an activating group) is 1. The molecule has 0 spiro atoms. The van der Waals surface area contributed by atoms with E-state index in [1.165, 1.54) is 0 Å². The van der Waals surface area contributed by atoms with Crippen molar-refractivity contribution >= 4 is 23.1 Å². The monoisotopic (exact) mass is 450 g/mol. The molecule has 1 amide bonds. The third-order valence-electron chi connectivity index (χ3n) is 7.09. The van der Waals surface area contributed by atoms with Crippen molar-refractivity contribution in [2.75, 3.05) is 44.7 Å². The van der Waals surface area contributed by atoms with Gasteiger partial charge in [-0.25, -0.2) is 0 Å². The number of amides is 1. The van der Waals surface area contributed by atoms with Crippen molar-refractivity contribution in [3.8, 4) is 0 Å². The predicted octanol–water partition coefficient (Wildman–Crippen LogP) is 4.67. The molecule has 2 aliphatic heterocycles. The fourth-order valence-electron chi connectivity index (χ4n) is 5.08. The molecular weight excluding hydrogens is 412 g/mol. The maximum atomic E-state index is 14.0. The fraction of sp³-hybridized carbons (Fsp3) is 0.556. The molecule has 0 radical (unpaired) electrons. The zero-order valence-corrected chi connectivity index (χ0v) is 20.4. The minimum atomic E-state index is -0.211. The number of carbonyl (C=O) groups is 2. The van der Waals surface area contributed by atoms with E-state index in [1.807, 2.05) is 41.4 Å². The number of anilines is 2. The first-order chi connectivity index (χ1) is 16.0. The highest BCUT2D eigenvalue weighted by atomic mass is 16.2. The number of fused-ring (bicyclic) bond motifs is 2. The van der Waals surface area contributed by atoms with Crippen molar-refractivity contribution in [3.05, 3.63) is 47.8 Å². The summed E-state index contributed by atoms with van der Waals surface area (Å²) in [6.45, 7) is 9.22. The number of ketones is 1. The highest BCUT2D eigenvalue weighted by Gasteiger charge is 2.37. The largest absolute Gasteiger partial charge is 0.343 e. The Labute approximate surface area is 198 Å². The zero-order chi connectivity index (χ0) is 23.4. The number of rotatable bonds is 8. The molecule has 1 aromatic carbocycles. The van der Waals surface area contributed by atoms with Gasteiger partial charge in [-0.2, -0.15) is 0 Å². The van der Waals surface area contributed by atoms with Crippen LogP contribution in [0.5, 0.6) is 0 Å². The number of piperazine rings is 1. The van der Waals surface area contributed by atoms with Gasteiger partial charge in [-0.15, -0.1) is 0 Å². The Bertz CT molecular complexity index is 974. The molecule has 4 rings (SSSR count). The lowest BCUT2D eigenvalue weighted by Crippen LogP contribution is -2.48. The van der Waals surface area contributed by atoms with Crippen LogP contribution in [-0.4, -0.2) is 65.8 Å². The van der Waals surface area contributed by atoms with Crippen LogP contribution in [0.2, 0.25) is 0 Å². The Morgan fingerprint density at radius 1 is 0.970 bits per heavy atom. The number of para-hydroxylation sites is 1. The van der Waals surface area contributed by atoms with E-state index in [4.69, 9.17) is 0 Å². The summed E-state index contributed by atoms with van der Waals surface area (Å²) < 4.78 is 2.09. The number of aryl methyl sites for hydroxylation is 1. The summed E-state index contributed by atoms with van der Waals surface area (Å²) in [7, 11) is 2.12. The Balaban J connectivity index is 1.76. The summed E-state index contributed by atoms with van der Waals surface area (Å²) in [5, 5.41) is 0. The Morgan fingerprint density at radius 3 is 2.42 bits per heavy atom. The van der Waals surface area contributed by atoms with Crippen LogP contribution in [-0.2, 0) is 11.3 Å². The summed E-state index contributed by atoms with van der Waals surface area (Å²) in [4.78, 5) is 34.2. The number of carbonyl (C=O) groups excluding carboxylic acids is 2. The second-order valence-corrected chi connectivity index (χ2v) is 9.52. The second kappa shape index (κ2) is 10.7. The minimum absolute atomic E-state index is 0.0467. The third kappa shape index (κ3) is 4.92. The molecule has 2 aliphatic rings. The summed E-state index contributed by atoms with van der Waals surface area (Å²) in [6, 6.07) is 10.0. The van der Waals surface area contributed by atoms with Crippen molar-refractivity contribution in [1.29, 1.82) is 0 Å². The molecule has 0 saturated carbocycles. The maximum absolute atomic E-state index is 14.0. The van der Waals surface area contributed by atoms with Crippen LogP contribution >= 0.6 is 0 Å². The van der Waals surface area contributed by atoms with Crippen LogP contribution < -0.4 is 4.90 Å². The van der Waals surface area contributed by atoms with Gasteiger partial charge in [-0.3, -0.25) is 19.4 Å². The van der Waals surface area contributed by atoms with E-state index in [2.05, 4.69) is 35.3 Å². The first-order valence-electron chi connectivity index (χ1n) is 12.6. The molecule has 178 valence electrons. The fourth-order valence-corrected chi connectivity index (χ4v) is 5.08. The summed E-state index contributed by atoms with van der Waals surface area (Å²) >= 11 is 0. The topological polar surface area (TPSA) is 48.8 Å². The molecule has 1 unspecified atom stereocenters. The highest BCUT2D eigenvalue weighted by Crippen LogP contribution is 2.43. The molecule has 1 atom stereocenters. The number of aromatic nitrogens is 1. The van der Waals surface area contributed by atoms with Crippen LogP contribution in [0.25, 0.3) is 0 Å². The second-order valence-electron chi connectivity index (χ2n) is 9.52. The molecular formula is C27H38N4O2. The smallest absolute Gasteiger partial charge is 0.245 e. The SMILES string of the molecule is CCCCC1C(=O)c2c(ccn2CCCC)N(C(=O)CN2CCN(C)CC2)c2ccccc21. The Kier molecular flexibility index (Phi) is 7.66. The number of hydrogen-bond donors (Lipinski definition) is 0. The lowest BCUT2D eigenvalue weighted by atomic mass is 9.88. The van der Waals surface area contributed by atoms with Crippen molar-refractivity contribution in [2.24, 2.45) is 0 Å². The standard InChI is InChI=1S/C27H38N4O2/c1-4-6-10-22-21-11-8-9-12-23(21)31(25(32)20-29-18-16-28(3)17-19-29)24-13-15-30(14-7-5-2)26(24)27(22)33/h8-9,11-13,15,22H,4-7,10,14,16-20H2,1-3H3. The first kappa shape index (κ1) is 23.7. The number of Topliss-reactive ketones (excluding diaryl/α,β-unsaturated/α-hetero) is 1. The Morgan fingerprint density at radius 2 is 1.70 bits per heavy atom. The van der Waals surface area contributed by atoms with Gasteiger partial charge in [0.2, 0.25) is 5.91 Å². The van der Waals surface area contributed by atoms with Crippen LogP contribution in [0.4, 0.5) is 11.4 Å². The van der Waals surface area contributed by atoms with Crippen LogP contribution in [0.1, 0.15) is 67.9 Å². The number of hydrogen-bond acceptors (Lipinski definition) is 4. The van der Waals surface area contributed by atoms with E-state index in [-0.39, 0.29) is 17.6 Å². The molecule has 1 saturated heterocycles. The average molecular weight is 451 g/mol. The van der Waals surface area contributed by atoms with E-state index in [9.17, 15) is 9.59 Å². The first-order valence-corrected chi connectivity index (χ1v) is 12.6. The van der Waals surface area contributed by atoms with Crippen LogP contribution in [0, 0.1) is 0 Å². The predicted molar refractivity (Wildman–Crippen MR) is 133 cm³/mol. The molecule has 1 fully saturated rings. The summed E-state index contributed by atoms with van der Waals surface area (Å²) in [6.07, 6.45) is 6.92. The van der Waals surface area contributed by atoms with Gasteiger partial charge in [0.25, 0.3) is 0 Å². The quantitative estimate of drug-likeness (QED) is 0.586. The van der Waals surface area contributed by atoms with Gasteiger partial charge in [0.05, 0.1) is 23.8 Å². The van der Waals surface area contributed by atoms with E-state index < -0.39 is 0 Å². The van der Waals surface area contributed by atoms with Gasteiger partial charge in [0, 0.05) is 38.9 Å². The van der Waals surface area contributed by atoms with Gasteiger partial charge in [0.15, 0.2) is 5.78 Å². The highest BCUT2D eigenvalue weighted by molar-refractivity contribution is 6.14. The van der Waals surface area contributed by atoms with Crippen LogP contribution in [0.15, 0.2) is 36.5 Å². The minimum Gasteiger partial charge on any atom is -0.343 e. The molecule has 0 aliphatic carbocycles. The maximum Gasteiger partial charge on any atom is 0.245 e. The number of nitrogens with zero attached hydrogens (tertiary/aromatic N) is 4. The zero-order valence-electron chi connectivity index (χ0n) is 20.4. The van der Waals surface area contributed by atoms with E-state index in [1.54, 1.807) is 0 Å². The molecule has 3 heterocycles. The van der Waals surface area contributed by atoms with Crippen molar-refractivity contribution in [1.82, 2.24) is 14.4 Å². The molecule has 33 heavy (non-hydrogen) atoms. The molecule has 6 nitrogen and oxygen atoms in total.